The standard InChI is InChI=1S/C15H20BrN3O2S/c1-15(2,3)12-4-6-14(7-5-12)22(20,21)18-8-9-19-11-13(16)10-17-19/h4-7,10-11,18H,8-9H2,1-3H3. The third-order valence-electron chi connectivity index (χ3n) is 3.27. The average molecular weight is 386 g/mol. The summed E-state index contributed by atoms with van der Waals surface area (Å²) in [6.45, 7) is 7.05. The van der Waals surface area contributed by atoms with E-state index in [1.165, 1.54) is 0 Å². The van der Waals surface area contributed by atoms with Crippen molar-refractivity contribution >= 4 is 26.0 Å². The molecule has 1 aromatic heterocycles. The van der Waals surface area contributed by atoms with Crippen molar-refractivity contribution in [3.63, 3.8) is 0 Å². The van der Waals surface area contributed by atoms with E-state index in [0.717, 1.165) is 10.0 Å². The Bertz CT molecular complexity index is 731. The highest BCUT2D eigenvalue weighted by Gasteiger charge is 2.17. The normalized spacial score (nSPS) is 12.5. The molecule has 0 radical (unpaired) electrons. The number of aromatic nitrogens is 2. The molecule has 0 atom stereocenters. The highest BCUT2D eigenvalue weighted by molar-refractivity contribution is 9.10. The van der Waals surface area contributed by atoms with Gasteiger partial charge in [0.1, 0.15) is 0 Å². The maximum absolute atomic E-state index is 12.2. The first-order valence-corrected chi connectivity index (χ1v) is 9.24. The second kappa shape index (κ2) is 6.52. The summed E-state index contributed by atoms with van der Waals surface area (Å²) in [6.07, 6.45) is 3.46. The Morgan fingerprint density at radius 3 is 2.36 bits per heavy atom. The van der Waals surface area contributed by atoms with E-state index in [0.29, 0.717) is 6.54 Å². The molecule has 2 aromatic rings. The van der Waals surface area contributed by atoms with E-state index in [2.05, 4.69) is 46.5 Å². The van der Waals surface area contributed by atoms with Crippen molar-refractivity contribution in [3.8, 4) is 0 Å². The van der Waals surface area contributed by atoms with Gasteiger partial charge in [0.2, 0.25) is 10.0 Å². The molecule has 0 unspecified atom stereocenters. The highest BCUT2D eigenvalue weighted by atomic mass is 79.9. The number of sulfonamides is 1. The van der Waals surface area contributed by atoms with Gasteiger partial charge in [-0.05, 0) is 39.0 Å². The van der Waals surface area contributed by atoms with Gasteiger partial charge in [0, 0.05) is 12.7 Å². The van der Waals surface area contributed by atoms with Crippen molar-refractivity contribution in [1.82, 2.24) is 14.5 Å². The van der Waals surface area contributed by atoms with Gasteiger partial charge in [-0.25, -0.2) is 13.1 Å². The predicted molar refractivity (Wildman–Crippen MR) is 90.3 cm³/mol. The summed E-state index contributed by atoms with van der Waals surface area (Å²) in [6, 6.07) is 7.01. The van der Waals surface area contributed by atoms with E-state index in [4.69, 9.17) is 0 Å². The quantitative estimate of drug-likeness (QED) is 0.860. The number of hydrogen-bond acceptors (Lipinski definition) is 3. The third-order valence-corrected chi connectivity index (χ3v) is 5.15. The van der Waals surface area contributed by atoms with Crippen LogP contribution in [0.1, 0.15) is 26.3 Å². The molecule has 0 fully saturated rings. The zero-order chi connectivity index (χ0) is 16.4. The summed E-state index contributed by atoms with van der Waals surface area (Å²) < 4.78 is 29.6. The number of benzene rings is 1. The summed E-state index contributed by atoms with van der Waals surface area (Å²) in [5.41, 5.74) is 1.11. The Balaban J connectivity index is 2.00. The van der Waals surface area contributed by atoms with Crippen LogP contribution in [-0.2, 0) is 22.0 Å². The molecule has 1 aromatic carbocycles. The molecule has 0 saturated heterocycles. The van der Waals surface area contributed by atoms with E-state index in [1.54, 1.807) is 29.2 Å². The Morgan fingerprint density at radius 2 is 1.86 bits per heavy atom. The van der Waals surface area contributed by atoms with Gasteiger partial charge in [0.15, 0.2) is 0 Å². The molecule has 0 saturated carbocycles. The first kappa shape index (κ1) is 17.2. The Hall–Kier alpha value is -1.18. The van der Waals surface area contributed by atoms with Crippen LogP contribution in [0.15, 0.2) is 46.0 Å². The van der Waals surface area contributed by atoms with Crippen molar-refractivity contribution in [2.24, 2.45) is 0 Å². The van der Waals surface area contributed by atoms with Gasteiger partial charge in [0.25, 0.3) is 0 Å². The zero-order valence-corrected chi connectivity index (χ0v) is 15.3. The van der Waals surface area contributed by atoms with Gasteiger partial charge in [-0.2, -0.15) is 5.10 Å². The smallest absolute Gasteiger partial charge is 0.240 e. The fourth-order valence-electron chi connectivity index (χ4n) is 1.97. The van der Waals surface area contributed by atoms with E-state index < -0.39 is 10.0 Å². The third kappa shape index (κ3) is 4.41. The molecule has 22 heavy (non-hydrogen) atoms. The maximum Gasteiger partial charge on any atom is 0.240 e. The molecule has 5 nitrogen and oxygen atoms in total. The SMILES string of the molecule is CC(C)(C)c1ccc(S(=O)(=O)NCCn2cc(Br)cn2)cc1. The second-order valence-electron chi connectivity index (χ2n) is 6.09. The lowest BCUT2D eigenvalue weighted by Crippen LogP contribution is -2.27. The summed E-state index contributed by atoms with van der Waals surface area (Å²) in [5, 5.41) is 4.08. The van der Waals surface area contributed by atoms with Crippen LogP contribution < -0.4 is 4.72 Å². The summed E-state index contributed by atoms with van der Waals surface area (Å²) >= 11 is 3.30. The van der Waals surface area contributed by atoms with Crippen molar-refractivity contribution in [2.45, 2.75) is 37.6 Å². The van der Waals surface area contributed by atoms with Gasteiger partial charge < -0.3 is 0 Å². The number of rotatable bonds is 5. The lowest BCUT2D eigenvalue weighted by molar-refractivity contribution is 0.560. The average Bonchev–Trinajstić information content (AvgIpc) is 2.83. The lowest BCUT2D eigenvalue weighted by Gasteiger charge is -2.19. The molecular weight excluding hydrogens is 366 g/mol. The Morgan fingerprint density at radius 1 is 1.23 bits per heavy atom. The van der Waals surface area contributed by atoms with Gasteiger partial charge >= 0.3 is 0 Å². The van der Waals surface area contributed by atoms with Crippen LogP contribution in [0.3, 0.4) is 0 Å². The summed E-state index contributed by atoms with van der Waals surface area (Å²) in [5.74, 6) is 0. The van der Waals surface area contributed by atoms with E-state index in [-0.39, 0.29) is 16.9 Å². The number of hydrogen-bond donors (Lipinski definition) is 1. The Kier molecular flexibility index (Phi) is 5.09. The number of nitrogens with one attached hydrogen (secondary N) is 1. The molecule has 0 aliphatic rings. The van der Waals surface area contributed by atoms with E-state index in [1.807, 2.05) is 12.1 Å². The minimum Gasteiger partial charge on any atom is -0.270 e. The van der Waals surface area contributed by atoms with Crippen LogP contribution in [-0.4, -0.2) is 24.7 Å². The number of halogens is 1. The molecule has 0 spiro atoms. The molecule has 7 heteroatoms. The van der Waals surface area contributed by atoms with Crippen LogP contribution in [0, 0.1) is 0 Å². The molecule has 1 N–H and O–H groups in total. The van der Waals surface area contributed by atoms with Crippen LogP contribution in [0.5, 0.6) is 0 Å². The second-order valence-corrected chi connectivity index (χ2v) is 8.78. The van der Waals surface area contributed by atoms with Gasteiger partial charge in [-0.3, -0.25) is 4.68 Å². The largest absolute Gasteiger partial charge is 0.270 e. The topological polar surface area (TPSA) is 64.0 Å². The lowest BCUT2D eigenvalue weighted by atomic mass is 9.87. The molecule has 0 amide bonds. The monoisotopic (exact) mass is 385 g/mol. The van der Waals surface area contributed by atoms with Crippen molar-refractivity contribution in [2.75, 3.05) is 6.54 Å². The van der Waals surface area contributed by atoms with Gasteiger partial charge in [0.05, 0.1) is 22.1 Å². The molecule has 0 aliphatic heterocycles. The van der Waals surface area contributed by atoms with Crippen molar-refractivity contribution in [3.05, 3.63) is 46.7 Å². The number of nitrogens with zero attached hydrogens (tertiary/aromatic N) is 2. The molecule has 120 valence electrons. The fourth-order valence-corrected chi connectivity index (χ4v) is 3.32. The van der Waals surface area contributed by atoms with Gasteiger partial charge in [-0.1, -0.05) is 32.9 Å². The van der Waals surface area contributed by atoms with Crippen molar-refractivity contribution in [1.29, 1.82) is 0 Å². The predicted octanol–water partition coefficient (Wildman–Crippen LogP) is 2.92. The highest BCUT2D eigenvalue weighted by Crippen LogP contribution is 2.23. The molecule has 0 bridgehead atoms. The van der Waals surface area contributed by atoms with Crippen molar-refractivity contribution < 1.29 is 8.42 Å². The van der Waals surface area contributed by atoms with Crippen LogP contribution in [0.4, 0.5) is 0 Å². The summed E-state index contributed by atoms with van der Waals surface area (Å²) in [7, 11) is -3.49. The van der Waals surface area contributed by atoms with Crippen LogP contribution in [0.2, 0.25) is 0 Å². The van der Waals surface area contributed by atoms with Gasteiger partial charge in [-0.15, -0.1) is 0 Å². The minimum atomic E-state index is -3.49. The first-order chi connectivity index (χ1) is 10.2. The molecule has 1 heterocycles. The van der Waals surface area contributed by atoms with E-state index >= 15 is 0 Å². The maximum atomic E-state index is 12.2. The fraction of sp³-hybridized carbons (Fsp3) is 0.400. The van der Waals surface area contributed by atoms with Crippen LogP contribution >= 0.6 is 15.9 Å². The Labute approximate surface area is 139 Å². The minimum absolute atomic E-state index is 0.00317. The van der Waals surface area contributed by atoms with E-state index in [9.17, 15) is 8.42 Å². The zero-order valence-electron chi connectivity index (χ0n) is 12.9. The molecule has 2 rings (SSSR count). The first-order valence-electron chi connectivity index (χ1n) is 6.97. The summed E-state index contributed by atoms with van der Waals surface area (Å²) in [4.78, 5) is 0.280. The molecular formula is C15H20BrN3O2S. The van der Waals surface area contributed by atoms with Crippen LogP contribution in [0.25, 0.3) is 0 Å². The molecule has 0 aliphatic carbocycles.